The molecule has 2 aromatic rings. The number of hydrogen-bond donors (Lipinski definition) is 2. The van der Waals surface area contributed by atoms with Crippen molar-refractivity contribution in [3.05, 3.63) is 53.6 Å². The summed E-state index contributed by atoms with van der Waals surface area (Å²) in [5, 5.41) is 2.54. The Morgan fingerprint density at radius 2 is 1.90 bits per heavy atom. The SMILES string of the molecule is CCOc1cccc(NC(=O)c2cc(F)c(N)c(F)c2)c1. The number of benzene rings is 2. The van der Waals surface area contributed by atoms with Crippen molar-refractivity contribution in [1.82, 2.24) is 0 Å². The first-order valence-corrected chi connectivity index (χ1v) is 6.30. The topological polar surface area (TPSA) is 64.3 Å². The molecule has 0 unspecified atom stereocenters. The van der Waals surface area contributed by atoms with Crippen LogP contribution in [-0.4, -0.2) is 12.5 Å². The number of carbonyl (C=O) groups is 1. The van der Waals surface area contributed by atoms with Crippen molar-refractivity contribution in [2.45, 2.75) is 6.92 Å². The number of amides is 1. The van der Waals surface area contributed by atoms with E-state index in [0.29, 0.717) is 18.0 Å². The summed E-state index contributed by atoms with van der Waals surface area (Å²) in [6.45, 7) is 2.33. The van der Waals surface area contributed by atoms with Crippen LogP contribution < -0.4 is 15.8 Å². The highest BCUT2D eigenvalue weighted by atomic mass is 19.1. The van der Waals surface area contributed by atoms with E-state index in [1.54, 1.807) is 24.3 Å². The van der Waals surface area contributed by atoms with Gasteiger partial charge in [0.05, 0.1) is 6.61 Å². The summed E-state index contributed by atoms with van der Waals surface area (Å²) in [4.78, 5) is 12.0. The van der Waals surface area contributed by atoms with E-state index in [2.05, 4.69) is 5.32 Å². The predicted octanol–water partition coefficient (Wildman–Crippen LogP) is 3.20. The van der Waals surface area contributed by atoms with Crippen molar-refractivity contribution in [2.24, 2.45) is 0 Å². The number of nitrogen functional groups attached to an aromatic ring is 1. The molecule has 1 amide bonds. The van der Waals surface area contributed by atoms with E-state index < -0.39 is 23.2 Å². The van der Waals surface area contributed by atoms with Gasteiger partial charge in [-0.25, -0.2) is 8.78 Å². The van der Waals surface area contributed by atoms with Gasteiger partial charge in [0.15, 0.2) is 0 Å². The fourth-order valence-corrected chi connectivity index (χ4v) is 1.75. The number of anilines is 2. The third-order valence-corrected chi connectivity index (χ3v) is 2.74. The van der Waals surface area contributed by atoms with Crippen molar-refractivity contribution in [2.75, 3.05) is 17.7 Å². The van der Waals surface area contributed by atoms with Crippen LogP contribution in [0.5, 0.6) is 5.75 Å². The van der Waals surface area contributed by atoms with Gasteiger partial charge >= 0.3 is 0 Å². The third kappa shape index (κ3) is 3.47. The van der Waals surface area contributed by atoms with E-state index in [1.807, 2.05) is 6.92 Å². The molecule has 4 nitrogen and oxygen atoms in total. The number of halogens is 2. The zero-order valence-electron chi connectivity index (χ0n) is 11.3. The zero-order chi connectivity index (χ0) is 15.4. The summed E-state index contributed by atoms with van der Waals surface area (Å²) in [6.07, 6.45) is 0. The highest BCUT2D eigenvalue weighted by Crippen LogP contribution is 2.20. The summed E-state index contributed by atoms with van der Waals surface area (Å²) in [6, 6.07) is 8.47. The van der Waals surface area contributed by atoms with Gasteiger partial charge in [-0.2, -0.15) is 0 Å². The normalized spacial score (nSPS) is 10.2. The molecule has 2 rings (SSSR count). The lowest BCUT2D eigenvalue weighted by molar-refractivity contribution is 0.102. The second-order valence-corrected chi connectivity index (χ2v) is 4.27. The van der Waals surface area contributed by atoms with E-state index in [4.69, 9.17) is 10.5 Å². The summed E-state index contributed by atoms with van der Waals surface area (Å²) < 4.78 is 32.0. The molecule has 0 aliphatic heterocycles. The van der Waals surface area contributed by atoms with Crippen LogP contribution in [0.15, 0.2) is 36.4 Å². The second-order valence-electron chi connectivity index (χ2n) is 4.27. The first-order valence-electron chi connectivity index (χ1n) is 6.30. The lowest BCUT2D eigenvalue weighted by Crippen LogP contribution is -2.13. The molecule has 0 aliphatic rings. The summed E-state index contributed by atoms with van der Waals surface area (Å²) in [5.74, 6) is -1.99. The number of rotatable bonds is 4. The molecular formula is C15H14F2N2O2. The van der Waals surface area contributed by atoms with Crippen LogP contribution in [0, 0.1) is 11.6 Å². The minimum Gasteiger partial charge on any atom is -0.494 e. The van der Waals surface area contributed by atoms with Crippen LogP contribution >= 0.6 is 0 Å². The Kier molecular flexibility index (Phi) is 4.37. The Bertz CT molecular complexity index is 651. The molecule has 0 atom stereocenters. The molecule has 3 N–H and O–H groups in total. The molecule has 0 heterocycles. The van der Waals surface area contributed by atoms with Crippen LogP contribution in [0.25, 0.3) is 0 Å². The average molecular weight is 292 g/mol. The molecule has 6 heteroatoms. The number of nitrogens with two attached hydrogens (primary N) is 1. The third-order valence-electron chi connectivity index (χ3n) is 2.74. The van der Waals surface area contributed by atoms with Crippen molar-refractivity contribution < 1.29 is 18.3 Å². The van der Waals surface area contributed by atoms with Crippen molar-refractivity contribution in [3.63, 3.8) is 0 Å². The molecule has 0 fully saturated rings. The minimum absolute atomic E-state index is 0.152. The fraction of sp³-hybridized carbons (Fsp3) is 0.133. The minimum atomic E-state index is -0.969. The van der Waals surface area contributed by atoms with E-state index in [0.717, 1.165) is 12.1 Å². The van der Waals surface area contributed by atoms with Crippen molar-refractivity contribution in [3.8, 4) is 5.75 Å². The summed E-state index contributed by atoms with van der Waals surface area (Å²) in [5.41, 5.74) is 4.86. The lowest BCUT2D eigenvalue weighted by Gasteiger charge is -2.09. The second kappa shape index (κ2) is 6.21. The molecule has 21 heavy (non-hydrogen) atoms. The summed E-state index contributed by atoms with van der Waals surface area (Å²) >= 11 is 0. The standard InChI is InChI=1S/C15H14F2N2O2/c1-2-21-11-5-3-4-10(8-11)19-15(20)9-6-12(16)14(18)13(17)7-9/h3-8H,2,18H2,1H3,(H,19,20). The maximum atomic E-state index is 13.3. The number of hydrogen-bond acceptors (Lipinski definition) is 3. The maximum Gasteiger partial charge on any atom is 0.255 e. The van der Waals surface area contributed by atoms with Crippen LogP contribution in [0.2, 0.25) is 0 Å². The van der Waals surface area contributed by atoms with E-state index in [9.17, 15) is 13.6 Å². The highest BCUT2D eigenvalue weighted by molar-refractivity contribution is 6.04. The monoisotopic (exact) mass is 292 g/mol. The Morgan fingerprint density at radius 3 is 2.52 bits per heavy atom. The van der Waals surface area contributed by atoms with Gasteiger partial charge in [0.25, 0.3) is 5.91 Å². The van der Waals surface area contributed by atoms with Gasteiger partial charge in [0, 0.05) is 17.3 Å². The maximum absolute atomic E-state index is 13.3. The van der Waals surface area contributed by atoms with Crippen LogP contribution in [-0.2, 0) is 0 Å². The molecular weight excluding hydrogens is 278 g/mol. The number of nitrogens with one attached hydrogen (secondary N) is 1. The quantitative estimate of drug-likeness (QED) is 0.851. The van der Waals surface area contributed by atoms with Crippen LogP contribution in [0.1, 0.15) is 17.3 Å². The smallest absolute Gasteiger partial charge is 0.255 e. The van der Waals surface area contributed by atoms with Crippen molar-refractivity contribution in [1.29, 1.82) is 0 Å². The molecule has 0 radical (unpaired) electrons. The molecule has 0 saturated heterocycles. The first-order chi connectivity index (χ1) is 10.0. The molecule has 0 bridgehead atoms. The average Bonchev–Trinajstić information content (AvgIpc) is 2.45. The Labute approximate surface area is 120 Å². The molecule has 0 spiro atoms. The molecule has 0 aromatic heterocycles. The predicted molar refractivity (Wildman–Crippen MR) is 76.3 cm³/mol. The van der Waals surface area contributed by atoms with E-state index in [1.165, 1.54) is 0 Å². The van der Waals surface area contributed by atoms with Gasteiger partial charge in [0.2, 0.25) is 0 Å². The van der Waals surface area contributed by atoms with Crippen LogP contribution in [0.3, 0.4) is 0 Å². The highest BCUT2D eigenvalue weighted by Gasteiger charge is 2.13. The van der Waals surface area contributed by atoms with Gasteiger partial charge in [-0.05, 0) is 31.2 Å². The zero-order valence-corrected chi connectivity index (χ0v) is 11.3. The number of carbonyl (C=O) groups excluding carboxylic acids is 1. The lowest BCUT2D eigenvalue weighted by atomic mass is 10.1. The van der Waals surface area contributed by atoms with Gasteiger partial charge < -0.3 is 15.8 Å². The van der Waals surface area contributed by atoms with E-state index >= 15 is 0 Å². The van der Waals surface area contributed by atoms with Crippen molar-refractivity contribution >= 4 is 17.3 Å². The Morgan fingerprint density at radius 1 is 1.24 bits per heavy atom. The van der Waals surface area contributed by atoms with Gasteiger partial charge in [-0.3, -0.25) is 4.79 Å². The Balaban J connectivity index is 2.20. The Hall–Kier alpha value is -2.63. The van der Waals surface area contributed by atoms with E-state index in [-0.39, 0.29) is 5.56 Å². The van der Waals surface area contributed by atoms with Gasteiger partial charge in [-0.1, -0.05) is 6.07 Å². The fourth-order valence-electron chi connectivity index (χ4n) is 1.75. The van der Waals surface area contributed by atoms with Gasteiger partial charge in [0.1, 0.15) is 23.1 Å². The molecule has 0 aliphatic carbocycles. The molecule has 0 saturated carbocycles. The largest absolute Gasteiger partial charge is 0.494 e. The summed E-state index contributed by atoms with van der Waals surface area (Å²) in [7, 11) is 0. The molecule has 2 aromatic carbocycles. The van der Waals surface area contributed by atoms with Gasteiger partial charge in [-0.15, -0.1) is 0 Å². The number of ether oxygens (including phenoxy) is 1. The van der Waals surface area contributed by atoms with Crippen LogP contribution in [0.4, 0.5) is 20.2 Å². The first kappa shape index (κ1) is 14.8. The molecule has 110 valence electrons.